The number of aromatic hydroxyl groups is 1. The Morgan fingerprint density at radius 2 is 1.02 bits per heavy atom. The average molecular weight is 1840 g/mol. The number of benzene rings is 4. The van der Waals surface area contributed by atoms with Gasteiger partial charge in [-0.15, -0.1) is 0 Å². The Labute approximate surface area is 773 Å². The van der Waals surface area contributed by atoms with Crippen molar-refractivity contribution in [2.24, 2.45) is 11.7 Å². The molecule has 0 aliphatic carbocycles. The van der Waals surface area contributed by atoms with E-state index in [1.807, 2.05) is 56.3 Å². The number of unbranched alkanes of at least 4 members (excludes halogenated alkanes) is 3. The lowest BCUT2D eigenvalue weighted by molar-refractivity contribution is -0.144. The van der Waals surface area contributed by atoms with E-state index in [0.717, 1.165) is 15.7 Å². The second-order valence-electron chi connectivity index (χ2n) is 33.7. The fourth-order valence-electron chi connectivity index (χ4n) is 15.1. The van der Waals surface area contributed by atoms with E-state index >= 15 is 33.6 Å². The quantitative estimate of drug-likeness (QED) is 0.0243. The van der Waals surface area contributed by atoms with Crippen LogP contribution in [0.4, 0.5) is 0 Å². The van der Waals surface area contributed by atoms with Crippen LogP contribution in [0.25, 0.3) is 10.8 Å². The van der Waals surface area contributed by atoms with Gasteiger partial charge in [0, 0.05) is 102 Å². The van der Waals surface area contributed by atoms with Gasteiger partial charge in [-0.3, -0.25) is 86.9 Å². The summed E-state index contributed by atoms with van der Waals surface area (Å²) in [7, 11) is 2.63. The number of aliphatic hydroxyl groups excluding tert-OH is 1. The maximum Gasteiger partial charge on any atom is 0.272 e. The highest BCUT2D eigenvalue weighted by molar-refractivity contribution is 6.30. The van der Waals surface area contributed by atoms with Crippen LogP contribution in [0.5, 0.6) is 5.75 Å². The van der Waals surface area contributed by atoms with Crippen molar-refractivity contribution in [2.45, 2.75) is 217 Å². The summed E-state index contributed by atoms with van der Waals surface area (Å²) in [6.07, 6.45) is 6.92. The Kier molecular flexibility index (Phi) is 41.8. The predicted molar refractivity (Wildman–Crippen MR) is 494 cm³/mol. The zero-order valence-corrected chi connectivity index (χ0v) is 76.6. The molecule has 1 aliphatic rings. The Hall–Kier alpha value is -13.3. The first-order valence-electron chi connectivity index (χ1n) is 44.6. The minimum atomic E-state index is -1.89. The Morgan fingerprint density at radius 1 is 0.508 bits per heavy atom. The average Bonchev–Trinajstić information content (AvgIpc) is 1.78. The summed E-state index contributed by atoms with van der Waals surface area (Å²) < 4.78 is 0. The maximum absolute atomic E-state index is 15.7. The molecule has 132 heavy (non-hydrogen) atoms. The van der Waals surface area contributed by atoms with Crippen molar-refractivity contribution in [1.29, 1.82) is 0 Å². The predicted octanol–water partition coefficient (Wildman–Crippen LogP) is 3.23. The summed E-state index contributed by atoms with van der Waals surface area (Å²) in [4.78, 5) is 231. The van der Waals surface area contributed by atoms with E-state index in [-0.39, 0.29) is 139 Å². The lowest BCUT2D eigenvalue weighted by Gasteiger charge is -2.32. The van der Waals surface area contributed by atoms with Crippen molar-refractivity contribution in [2.75, 3.05) is 53.4 Å². The number of carbonyl (C=O) groups excluding carboxylic acids is 15. The number of likely N-dealkylation sites (tertiary alicyclic amines) is 1. The highest BCUT2D eigenvalue weighted by Gasteiger charge is 2.42. The van der Waals surface area contributed by atoms with Crippen LogP contribution in [0.2, 0.25) is 5.02 Å². The van der Waals surface area contributed by atoms with Gasteiger partial charge in [-0.2, -0.15) is 0 Å². The normalized spacial score (nSPS) is 14.6. The number of hydrogen-bond acceptors (Lipinski definition) is 21. The highest BCUT2D eigenvalue weighted by atomic mass is 35.5. The molecule has 7 aromatic rings. The largest absolute Gasteiger partial charge is 0.508 e. The van der Waals surface area contributed by atoms with Crippen molar-refractivity contribution < 1.29 is 82.1 Å². The third-order valence-corrected chi connectivity index (χ3v) is 22.5. The first-order valence-corrected chi connectivity index (χ1v) is 44.9. The maximum atomic E-state index is 15.7. The van der Waals surface area contributed by atoms with Crippen molar-refractivity contribution in [3.63, 3.8) is 0 Å². The molecule has 15 amide bonds. The molecule has 8 rings (SSSR count). The van der Waals surface area contributed by atoms with Crippen molar-refractivity contribution in [3.8, 4) is 5.75 Å². The van der Waals surface area contributed by atoms with E-state index < -0.39 is 162 Å². The smallest absolute Gasteiger partial charge is 0.272 e. The van der Waals surface area contributed by atoms with Gasteiger partial charge in [0.05, 0.1) is 13.2 Å². The number of likely N-dealkylation sites (N-methyl/N-ethyl adjacent to an activating group) is 2. The zero-order chi connectivity index (χ0) is 95.9. The number of amides is 15. The van der Waals surface area contributed by atoms with Gasteiger partial charge in [-0.25, -0.2) is 0 Å². The van der Waals surface area contributed by atoms with E-state index in [2.05, 4.69) is 78.8 Å². The van der Waals surface area contributed by atoms with Gasteiger partial charge in [0.25, 0.3) is 11.8 Å². The number of halogens is 1. The Bertz CT molecular complexity index is 5040. The number of aromatic nitrogens is 3. The van der Waals surface area contributed by atoms with E-state index in [9.17, 15) is 48.6 Å². The van der Waals surface area contributed by atoms with Crippen molar-refractivity contribution in [1.82, 2.24) is 93.5 Å². The van der Waals surface area contributed by atoms with Crippen LogP contribution in [-0.4, -0.2) is 254 Å². The van der Waals surface area contributed by atoms with Crippen LogP contribution >= 0.6 is 11.6 Å². The first kappa shape index (κ1) is 104. The second kappa shape index (κ2) is 53.1. The van der Waals surface area contributed by atoms with Gasteiger partial charge in [-0.05, 0) is 184 Å². The molecular formula is C95H124ClN19O17. The molecule has 16 N–H and O–H groups in total. The number of pyridine rings is 3. The topological polar surface area (TPSA) is 515 Å². The molecule has 0 bridgehead atoms. The Balaban J connectivity index is 1.10. The van der Waals surface area contributed by atoms with E-state index in [0.29, 0.717) is 53.1 Å². The summed E-state index contributed by atoms with van der Waals surface area (Å²) in [6.45, 7) is 9.52. The third-order valence-electron chi connectivity index (χ3n) is 22.3. The van der Waals surface area contributed by atoms with Crippen LogP contribution in [0.1, 0.15) is 162 Å². The summed E-state index contributed by atoms with van der Waals surface area (Å²) in [5.74, 6) is -11.9. The summed E-state index contributed by atoms with van der Waals surface area (Å²) >= 11 is 6.30. The van der Waals surface area contributed by atoms with Gasteiger partial charge in [0.15, 0.2) is 0 Å². The van der Waals surface area contributed by atoms with Gasteiger partial charge in [0.1, 0.15) is 83.6 Å². The number of nitrogens with one attached hydrogen (secondary N) is 12. The molecule has 3 aromatic heterocycles. The molecule has 0 saturated carbocycles. The summed E-state index contributed by atoms with van der Waals surface area (Å²) in [5, 5.41) is 57.6. The van der Waals surface area contributed by atoms with E-state index in [1.54, 1.807) is 74.5 Å². The fourth-order valence-corrected chi connectivity index (χ4v) is 15.2. The molecule has 708 valence electrons. The number of nitrogens with zero attached hydrogens (tertiary/aromatic N) is 6. The molecule has 1 saturated heterocycles. The lowest BCUT2D eigenvalue weighted by Crippen LogP contribution is -2.62. The van der Waals surface area contributed by atoms with E-state index in [1.165, 1.54) is 98.9 Å². The Morgan fingerprint density at radius 3 is 1.60 bits per heavy atom. The molecular weight excluding hydrogens is 1710 g/mol. The molecule has 4 heterocycles. The molecule has 1 fully saturated rings. The molecule has 1 aliphatic heterocycles. The fraction of sp³-hybridized carbons (Fsp3) is 0.453. The number of aliphatic hydroxyl groups is 1. The monoisotopic (exact) mass is 1840 g/mol. The number of phenolic OH excluding ortho intramolecular Hbond substituents is 1. The molecule has 37 heteroatoms. The van der Waals surface area contributed by atoms with Crippen LogP contribution in [-0.2, 0) is 88.0 Å². The molecule has 4 aromatic carbocycles. The number of fused-ring (bicyclic) bond motifs is 1. The van der Waals surface area contributed by atoms with Crippen LogP contribution in [0.3, 0.4) is 0 Å². The second-order valence-corrected chi connectivity index (χ2v) is 34.2. The minimum absolute atomic E-state index is 0.00499. The van der Waals surface area contributed by atoms with E-state index in [4.69, 9.17) is 17.3 Å². The number of primary amides is 1. The number of nitrogens with two attached hydrogens (primary N) is 1. The number of hydrogen-bond donors (Lipinski definition) is 15. The van der Waals surface area contributed by atoms with Crippen LogP contribution < -0.4 is 69.5 Å². The molecule has 0 radical (unpaired) electrons. The van der Waals surface area contributed by atoms with Gasteiger partial charge in [-0.1, -0.05) is 124 Å². The summed E-state index contributed by atoms with van der Waals surface area (Å²) in [6, 6.07) is 22.4. The lowest BCUT2D eigenvalue weighted by atomic mass is 9.99. The van der Waals surface area contributed by atoms with Crippen LogP contribution in [0.15, 0.2) is 164 Å². The molecule has 36 nitrogen and oxygen atoms in total. The summed E-state index contributed by atoms with van der Waals surface area (Å²) in [5.41, 5.74) is 7.70. The number of rotatable bonds is 52. The molecule has 0 spiro atoms. The number of carbonyl (C=O) groups is 15. The first-order chi connectivity index (χ1) is 63.1. The van der Waals surface area contributed by atoms with Gasteiger partial charge in [0.2, 0.25) is 76.8 Å². The van der Waals surface area contributed by atoms with Crippen molar-refractivity contribution >= 4 is 111 Å². The van der Waals surface area contributed by atoms with Gasteiger partial charge >= 0.3 is 0 Å². The minimum Gasteiger partial charge on any atom is -0.508 e. The third kappa shape index (κ3) is 33.9. The molecule has 0 unspecified atom stereocenters. The standard InChI is InChI=1S/C95H124ClN19O17/c1-58(2)49-75(87(124)108-74(30-15-16-43-99-59(3)4)95(132)115-48-22-31-80(115)91(128)104-60(5)83(97)120)109-86(123)71(27-13-20-47-103-84(121)70-26-11-17-44-100-70)106-85(122)72(28-12-19-46-102-82(119)56-113(7)93(130)73-29-14-18-45-101-73)107-92(129)81(54-63-35-40-69(118)41-36-63)114(8)94(131)79(57-116)112-90(127)78(53-65-23-21-42-98-55-65)111-89(126)77(51-62-33-38-68(96)39-34-62)110-88(125)76(105-61(6)117)52-64-32-37-66-24-9-10-25-67(66)50-64/h9-11,14,17-18,21,23-26,29,32-42,44-45,50,55,58-60,71-72,74-81,99,116,118H,12-13,15-16,19-20,22,27-28,30-31,43,46-49,51-54,56-57H2,1-8H3,(H2,97,120)(H,102,119)(H,103,121)(H,104,128)(H,105,117)(H,106,122)(H,107,129)(H,108,124)(H,109,123)(H,110,125)(H,111,126)(H,112,127)/t60-,71-,72+,74+,75+,76-,77-,78-,79+,80+,81+/m1/s1. The van der Waals surface area contributed by atoms with Gasteiger partial charge < -0.3 is 94.4 Å². The SMILES string of the molecule is CC(=O)N[C@H](Cc1ccc2ccccc2c1)C(=O)N[C@H](Cc1ccc(Cl)cc1)C(=O)N[C@H](Cc1cccnc1)C(=O)N[C@@H](CO)C(=O)N(C)[C@@H](Cc1ccc(O)cc1)C(=O)N[C@@H](CCCCNC(=O)CN(C)C(=O)c1ccccn1)C(=O)N[C@H](CCCCNC(=O)c1ccccn1)C(=O)N[C@@H](CC(C)C)C(=O)N[C@@H](CCCCNC(C)C)C(=O)N1CCC[C@H]1C(=O)N[C@H](C)C(N)=O. The van der Waals surface area contributed by atoms with Crippen molar-refractivity contribution in [3.05, 3.63) is 203 Å². The number of phenols is 1. The highest BCUT2D eigenvalue weighted by Crippen LogP contribution is 2.24. The molecule has 11 atom stereocenters. The zero-order valence-electron chi connectivity index (χ0n) is 75.8. The van der Waals surface area contributed by atoms with Crippen LogP contribution in [0, 0.1) is 5.92 Å².